The van der Waals surface area contributed by atoms with Gasteiger partial charge in [-0.2, -0.15) is 0 Å². The van der Waals surface area contributed by atoms with Gasteiger partial charge in [-0.1, -0.05) is 20.3 Å². The lowest BCUT2D eigenvalue weighted by Gasteiger charge is -2.29. The van der Waals surface area contributed by atoms with E-state index in [1.165, 1.54) is 19.3 Å². The number of hydrogen-bond acceptors (Lipinski definition) is 2. The van der Waals surface area contributed by atoms with Gasteiger partial charge in [0.15, 0.2) is 0 Å². The van der Waals surface area contributed by atoms with Crippen molar-refractivity contribution in [2.45, 2.75) is 51.6 Å². The van der Waals surface area contributed by atoms with Gasteiger partial charge < -0.3 is 10.1 Å². The Bertz CT molecular complexity index is 174. The number of ether oxygens (including phenoxy) is 1. The van der Waals surface area contributed by atoms with Crippen LogP contribution >= 0.6 is 0 Å². The highest BCUT2D eigenvalue weighted by molar-refractivity contribution is 5.70. The lowest BCUT2D eigenvalue weighted by molar-refractivity contribution is 0.0260. The van der Waals surface area contributed by atoms with E-state index in [1.54, 1.807) is 0 Å². The molecule has 2 rings (SSSR count). The van der Waals surface area contributed by atoms with Gasteiger partial charge in [0.25, 0.3) is 0 Å². The SMILES string of the molecule is CC.O=C1NCC2(CCCCC2)O1. The van der Waals surface area contributed by atoms with Gasteiger partial charge >= 0.3 is 6.09 Å². The van der Waals surface area contributed by atoms with Crippen molar-refractivity contribution >= 4 is 6.09 Å². The highest BCUT2D eigenvalue weighted by Crippen LogP contribution is 2.33. The van der Waals surface area contributed by atoms with Crippen LogP contribution in [-0.2, 0) is 4.74 Å². The van der Waals surface area contributed by atoms with E-state index in [2.05, 4.69) is 5.32 Å². The van der Waals surface area contributed by atoms with Crippen LogP contribution in [0.4, 0.5) is 4.79 Å². The van der Waals surface area contributed by atoms with Crippen LogP contribution in [0.15, 0.2) is 0 Å². The number of rotatable bonds is 0. The van der Waals surface area contributed by atoms with Crippen LogP contribution in [0.5, 0.6) is 0 Å². The first-order chi connectivity index (χ1) is 6.31. The highest BCUT2D eigenvalue weighted by atomic mass is 16.6. The molecular formula is C10H19NO2. The first kappa shape index (κ1) is 10.4. The molecule has 0 bridgehead atoms. The van der Waals surface area contributed by atoms with E-state index in [-0.39, 0.29) is 11.7 Å². The van der Waals surface area contributed by atoms with E-state index in [0.29, 0.717) is 0 Å². The van der Waals surface area contributed by atoms with E-state index in [4.69, 9.17) is 4.74 Å². The predicted octanol–water partition coefficient (Wildman–Crippen LogP) is 2.46. The van der Waals surface area contributed by atoms with Crippen molar-refractivity contribution < 1.29 is 9.53 Å². The molecule has 1 saturated carbocycles. The molecule has 0 aromatic rings. The molecule has 76 valence electrons. The van der Waals surface area contributed by atoms with Crippen LogP contribution in [0, 0.1) is 0 Å². The molecule has 2 aliphatic rings. The highest BCUT2D eigenvalue weighted by Gasteiger charge is 2.40. The number of nitrogens with one attached hydrogen (secondary N) is 1. The van der Waals surface area contributed by atoms with Crippen LogP contribution in [0.25, 0.3) is 0 Å². The minimum absolute atomic E-state index is 0.116. The smallest absolute Gasteiger partial charge is 0.407 e. The molecule has 2 fully saturated rings. The second-order valence-corrected chi connectivity index (χ2v) is 3.49. The van der Waals surface area contributed by atoms with Crippen LogP contribution in [-0.4, -0.2) is 18.2 Å². The summed E-state index contributed by atoms with van der Waals surface area (Å²) in [6.45, 7) is 4.73. The molecule has 0 unspecified atom stereocenters. The maximum atomic E-state index is 10.8. The number of alkyl carbamates (subject to hydrolysis) is 1. The fraction of sp³-hybridized carbons (Fsp3) is 0.900. The van der Waals surface area contributed by atoms with E-state index in [1.807, 2.05) is 13.8 Å². The summed E-state index contributed by atoms with van der Waals surface area (Å²) in [6, 6.07) is 0. The van der Waals surface area contributed by atoms with Crippen molar-refractivity contribution in [3.05, 3.63) is 0 Å². The third-order valence-electron chi connectivity index (χ3n) is 2.63. The summed E-state index contributed by atoms with van der Waals surface area (Å²) in [4.78, 5) is 10.8. The number of carbonyl (C=O) groups excluding carboxylic acids is 1. The number of amides is 1. The van der Waals surface area contributed by atoms with Gasteiger partial charge in [0, 0.05) is 0 Å². The van der Waals surface area contributed by atoms with Crippen molar-refractivity contribution in [2.24, 2.45) is 0 Å². The molecule has 1 amide bonds. The third-order valence-corrected chi connectivity index (χ3v) is 2.63. The maximum absolute atomic E-state index is 10.8. The Morgan fingerprint density at radius 2 is 1.85 bits per heavy atom. The number of hydrogen-bond donors (Lipinski definition) is 1. The minimum atomic E-state index is -0.230. The molecule has 1 spiro atoms. The van der Waals surface area contributed by atoms with Crippen molar-refractivity contribution in [1.82, 2.24) is 5.32 Å². The average molecular weight is 185 g/mol. The maximum Gasteiger partial charge on any atom is 0.407 e. The summed E-state index contributed by atoms with van der Waals surface area (Å²) in [5.74, 6) is 0. The molecule has 3 nitrogen and oxygen atoms in total. The zero-order valence-electron chi connectivity index (χ0n) is 8.56. The molecule has 1 N–H and O–H groups in total. The van der Waals surface area contributed by atoms with Gasteiger partial charge in [-0.3, -0.25) is 0 Å². The Morgan fingerprint density at radius 1 is 1.23 bits per heavy atom. The second-order valence-electron chi connectivity index (χ2n) is 3.49. The summed E-state index contributed by atoms with van der Waals surface area (Å²) < 4.78 is 5.24. The molecule has 1 aliphatic carbocycles. The van der Waals surface area contributed by atoms with Gasteiger partial charge in [-0.25, -0.2) is 4.79 Å². The largest absolute Gasteiger partial charge is 0.441 e. The van der Waals surface area contributed by atoms with E-state index < -0.39 is 0 Å². The lowest BCUT2D eigenvalue weighted by Crippen LogP contribution is -2.35. The van der Waals surface area contributed by atoms with Crippen molar-refractivity contribution in [3.63, 3.8) is 0 Å². The summed E-state index contributed by atoms with van der Waals surface area (Å²) >= 11 is 0. The van der Waals surface area contributed by atoms with E-state index in [9.17, 15) is 4.79 Å². The van der Waals surface area contributed by atoms with Crippen LogP contribution in [0.2, 0.25) is 0 Å². The molecule has 0 atom stereocenters. The van der Waals surface area contributed by atoms with Gasteiger partial charge in [0.05, 0.1) is 6.54 Å². The lowest BCUT2D eigenvalue weighted by atomic mass is 9.85. The Kier molecular flexibility index (Phi) is 3.58. The fourth-order valence-electron chi connectivity index (χ4n) is 1.98. The van der Waals surface area contributed by atoms with Crippen molar-refractivity contribution in [3.8, 4) is 0 Å². The Labute approximate surface area is 79.8 Å². The van der Waals surface area contributed by atoms with Crippen LogP contribution in [0.3, 0.4) is 0 Å². The molecule has 1 heterocycles. The van der Waals surface area contributed by atoms with Crippen molar-refractivity contribution in [1.29, 1.82) is 0 Å². The molecule has 1 saturated heterocycles. The standard InChI is InChI=1S/C8H13NO2.C2H6/c10-7-9-6-8(11-7)4-2-1-3-5-8;1-2/h1-6H2,(H,9,10);1-2H3. The second kappa shape index (κ2) is 4.49. The van der Waals surface area contributed by atoms with Crippen LogP contribution < -0.4 is 5.32 Å². The van der Waals surface area contributed by atoms with Gasteiger partial charge in [0.1, 0.15) is 5.60 Å². The average Bonchev–Trinajstić information content (AvgIpc) is 2.52. The quantitative estimate of drug-likeness (QED) is 0.629. The molecule has 13 heavy (non-hydrogen) atoms. The summed E-state index contributed by atoms with van der Waals surface area (Å²) in [7, 11) is 0. The molecule has 0 aromatic heterocycles. The normalized spacial score (nSPS) is 24.3. The Balaban J connectivity index is 0.000000396. The van der Waals surface area contributed by atoms with E-state index in [0.717, 1.165) is 19.4 Å². The first-order valence-electron chi connectivity index (χ1n) is 5.28. The van der Waals surface area contributed by atoms with Gasteiger partial charge in [0.2, 0.25) is 0 Å². The Morgan fingerprint density at radius 3 is 2.31 bits per heavy atom. The summed E-state index contributed by atoms with van der Waals surface area (Å²) in [5.41, 5.74) is -0.116. The summed E-state index contributed by atoms with van der Waals surface area (Å²) in [5, 5.41) is 2.72. The zero-order valence-corrected chi connectivity index (χ0v) is 8.56. The molecule has 0 radical (unpaired) electrons. The van der Waals surface area contributed by atoms with E-state index >= 15 is 0 Å². The monoisotopic (exact) mass is 185 g/mol. The van der Waals surface area contributed by atoms with Gasteiger partial charge in [-0.05, 0) is 25.7 Å². The minimum Gasteiger partial charge on any atom is -0.441 e. The molecule has 0 aromatic carbocycles. The number of carbonyl (C=O) groups is 1. The zero-order chi connectivity index (χ0) is 9.73. The fourth-order valence-corrected chi connectivity index (χ4v) is 1.98. The van der Waals surface area contributed by atoms with Crippen molar-refractivity contribution in [2.75, 3.05) is 6.54 Å². The topological polar surface area (TPSA) is 38.3 Å². The van der Waals surface area contributed by atoms with Crippen LogP contribution in [0.1, 0.15) is 46.0 Å². The molecule has 3 heteroatoms. The third kappa shape index (κ3) is 2.36. The first-order valence-corrected chi connectivity index (χ1v) is 5.28. The molecule has 1 aliphatic heterocycles. The Hall–Kier alpha value is -0.730. The summed E-state index contributed by atoms with van der Waals surface area (Å²) in [6.07, 6.45) is 5.56. The predicted molar refractivity (Wildman–Crippen MR) is 51.6 cm³/mol. The molecular weight excluding hydrogens is 166 g/mol. The van der Waals surface area contributed by atoms with Gasteiger partial charge in [-0.15, -0.1) is 0 Å².